The summed E-state index contributed by atoms with van der Waals surface area (Å²) in [7, 11) is -2.99. The molecule has 0 spiro atoms. The summed E-state index contributed by atoms with van der Waals surface area (Å²) in [4.78, 5) is 11.4. The summed E-state index contributed by atoms with van der Waals surface area (Å²) < 4.78 is 21.6. The van der Waals surface area contributed by atoms with Crippen molar-refractivity contribution in [3.8, 4) is 0 Å². The molecule has 78 valence electrons. The van der Waals surface area contributed by atoms with Gasteiger partial charge in [0.15, 0.2) is 0 Å². The van der Waals surface area contributed by atoms with Crippen LogP contribution in [0.1, 0.15) is 33.1 Å². The third kappa shape index (κ3) is 5.80. The Morgan fingerprint density at radius 2 is 1.69 bits per heavy atom. The second kappa shape index (κ2) is 5.37. The van der Waals surface area contributed by atoms with Gasteiger partial charge in [0.2, 0.25) is 0 Å². The molecule has 0 rings (SSSR count). The average Bonchev–Trinajstić information content (AvgIpc) is 2.02. The van der Waals surface area contributed by atoms with Crippen molar-refractivity contribution in [3.05, 3.63) is 0 Å². The molecule has 0 aromatic carbocycles. The summed E-state index contributed by atoms with van der Waals surface area (Å²) >= 11 is 0. The summed E-state index contributed by atoms with van der Waals surface area (Å²) in [6.45, 7) is 3.90. The van der Waals surface area contributed by atoms with Gasteiger partial charge < -0.3 is 0 Å². The molecule has 0 saturated carbocycles. The molecule has 0 N–H and O–H groups in total. The van der Waals surface area contributed by atoms with Crippen LogP contribution in [0.2, 0.25) is 0 Å². The molecule has 13 heavy (non-hydrogen) atoms. The van der Waals surface area contributed by atoms with E-state index >= 15 is 0 Å². The average molecular weight is 206 g/mol. The van der Waals surface area contributed by atoms with Gasteiger partial charge in [-0.15, -0.1) is 0 Å². The zero-order chi connectivity index (χ0) is 10.5. The van der Waals surface area contributed by atoms with Crippen LogP contribution in [0.5, 0.6) is 0 Å². The molecule has 0 fully saturated rings. The Balaban J connectivity index is 4.01. The van der Waals surface area contributed by atoms with Gasteiger partial charge in [-0.25, -0.2) is 8.42 Å². The molecule has 0 heterocycles. The maximum atomic E-state index is 11.4. The van der Waals surface area contributed by atoms with Crippen LogP contribution in [0.4, 0.5) is 0 Å². The highest BCUT2D eigenvalue weighted by Gasteiger charge is 2.15. The number of Topliss-reactive ketones (excluding diaryl/α,β-unsaturated/α-hetero) is 1. The van der Waals surface area contributed by atoms with Crippen LogP contribution in [-0.4, -0.2) is 26.2 Å². The molecular formula is C9H18O3S. The lowest BCUT2D eigenvalue weighted by Crippen LogP contribution is -2.16. The van der Waals surface area contributed by atoms with E-state index in [-0.39, 0.29) is 23.9 Å². The molecule has 0 bridgehead atoms. The quantitative estimate of drug-likeness (QED) is 0.660. The number of carbonyl (C=O) groups is 1. The van der Waals surface area contributed by atoms with Gasteiger partial charge in [0.1, 0.15) is 15.6 Å². The van der Waals surface area contributed by atoms with E-state index in [2.05, 4.69) is 0 Å². The Hall–Kier alpha value is -0.380. The molecule has 0 radical (unpaired) electrons. The SMILES string of the molecule is CCC(CC)C(=O)CCS(C)(=O)=O. The maximum Gasteiger partial charge on any atom is 0.147 e. The number of rotatable bonds is 6. The van der Waals surface area contributed by atoms with E-state index in [0.29, 0.717) is 0 Å². The zero-order valence-electron chi connectivity index (χ0n) is 8.54. The van der Waals surface area contributed by atoms with Crippen molar-refractivity contribution >= 4 is 15.6 Å². The van der Waals surface area contributed by atoms with Crippen molar-refractivity contribution in [1.29, 1.82) is 0 Å². The predicted molar refractivity (Wildman–Crippen MR) is 53.4 cm³/mol. The molecule has 0 aliphatic heterocycles. The van der Waals surface area contributed by atoms with Crippen LogP contribution in [0.15, 0.2) is 0 Å². The smallest absolute Gasteiger partial charge is 0.147 e. The lowest BCUT2D eigenvalue weighted by atomic mass is 9.97. The van der Waals surface area contributed by atoms with Crippen molar-refractivity contribution in [3.63, 3.8) is 0 Å². The molecule has 0 saturated heterocycles. The van der Waals surface area contributed by atoms with E-state index < -0.39 is 9.84 Å². The molecule has 3 nitrogen and oxygen atoms in total. The molecular weight excluding hydrogens is 188 g/mol. The number of hydrogen-bond donors (Lipinski definition) is 0. The normalized spacial score (nSPS) is 12.0. The van der Waals surface area contributed by atoms with Crippen molar-refractivity contribution in [1.82, 2.24) is 0 Å². The van der Waals surface area contributed by atoms with Crippen LogP contribution in [0.25, 0.3) is 0 Å². The predicted octanol–water partition coefficient (Wildman–Crippen LogP) is 1.43. The fourth-order valence-corrected chi connectivity index (χ4v) is 1.81. The Morgan fingerprint density at radius 1 is 1.23 bits per heavy atom. The zero-order valence-corrected chi connectivity index (χ0v) is 9.36. The molecule has 0 aliphatic rings. The third-order valence-corrected chi connectivity index (χ3v) is 3.11. The maximum absolute atomic E-state index is 11.4. The first kappa shape index (κ1) is 12.6. The number of carbonyl (C=O) groups excluding carboxylic acids is 1. The van der Waals surface area contributed by atoms with Crippen LogP contribution >= 0.6 is 0 Å². The minimum Gasteiger partial charge on any atom is -0.299 e. The molecule has 0 unspecified atom stereocenters. The van der Waals surface area contributed by atoms with Crippen molar-refractivity contribution in [2.24, 2.45) is 5.92 Å². The molecule has 0 amide bonds. The fourth-order valence-electron chi connectivity index (χ4n) is 1.23. The van der Waals surface area contributed by atoms with Crippen molar-refractivity contribution in [2.45, 2.75) is 33.1 Å². The topological polar surface area (TPSA) is 51.2 Å². The van der Waals surface area contributed by atoms with Crippen LogP contribution in [0, 0.1) is 5.92 Å². The number of sulfone groups is 1. The van der Waals surface area contributed by atoms with Gasteiger partial charge in [-0.05, 0) is 12.8 Å². The first-order valence-electron chi connectivity index (χ1n) is 4.61. The highest BCUT2D eigenvalue weighted by molar-refractivity contribution is 7.90. The van der Waals surface area contributed by atoms with Crippen molar-refractivity contribution in [2.75, 3.05) is 12.0 Å². The lowest BCUT2D eigenvalue weighted by Gasteiger charge is -2.09. The van der Waals surface area contributed by atoms with Gasteiger partial charge in [-0.2, -0.15) is 0 Å². The van der Waals surface area contributed by atoms with Crippen LogP contribution in [0.3, 0.4) is 0 Å². The monoisotopic (exact) mass is 206 g/mol. The Labute approximate surface area is 80.4 Å². The molecule has 0 aliphatic carbocycles. The number of hydrogen-bond acceptors (Lipinski definition) is 3. The lowest BCUT2D eigenvalue weighted by molar-refractivity contribution is -0.122. The Kier molecular flexibility index (Phi) is 5.21. The van der Waals surface area contributed by atoms with E-state index in [1.54, 1.807) is 0 Å². The standard InChI is InChI=1S/C9H18O3S/c1-4-8(5-2)9(10)6-7-13(3,11)12/h8H,4-7H2,1-3H3. The third-order valence-electron chi connectivity index (χ3n) is 2.16. The first-order chi connectivity index (χ1) is 5.90. The molecule has 4 heteroatoms. The summed E-state index contributed by atoms with van der Waals surface area (Å²) in [6, 6.07) is 0. The first-order valence-corrected chi connectivity index (χ1v) is 6.67. The number of ketones is 1. The molecule has 0 aromatic rings. The summed E-state index contributed by atoms with van der Waals surface area (Å²) in [5.41, 5.74) is 0. The van der Waals surface area contributed by atoms with Crippen LogP contribution in [-0.2, 0) is 14.6 Å². The molecule has 0 aromatic heterocycles. The van der Waals surface area contributed by atoms with Gasteiger partial charge >= 0.3 is 0 Å². The van der Waals surface area contributed by atoms with E-state index in [1.807, 2.05) is 13.8 Å². The van der Waals surface area contributed by atoms with Gasteiger partial charge in [-0.3, -0.25) is 4.79 Å². The largest absolute Gasteiger partial charge is 0.299 e. The van der Waals surface area contributed by atoms with E-state index in [4.69, 9.17) is 0 Å². The van der Waals surface area contributed by atoms with E-state index in [9.17, 15) is 13.2 Å². The van der Waals surface area contributed by atoms with E-state index in [1.165, 1.54) is 0 Å². The summed E-state index contributed by atoms with van der Waals surface area (Å²) in [5, 5.41) is 0. The van der Waals surface area contributed by atoms with Crippen molar-refractivity contribution < 1.29 is 13.2 Å². The Morgan fingerprint density at radius 3 is 2.00 bits per heavy atom. The summed E-state index contributed by atoms with van der Waals surface area (Å²) in [5.74, 6) is 0.111. The van der Waals surface area contributed by atoms with Gasteiger partial charge in [0.05, 0.1) is 5.75 Å². The molecule has 0 atom stereocenters. The minimum atomic E-state index is -2.99. The highest BCUT2D eigenvalue weighted by atomic mass is 32.2. The van der Waals surface area contributed by atoms with Gasteiger partial charge in [-0.1, -0.05) is 13.8 Å². The fraction of sp³-hybridized carbons (Fsp3) is 0.889. The Bertz CT molecular complexity index is 250. The van der Waals surface area contributed by atoms with E-state index in [0.717, 1.165) is 19.1 Å². The van der Waals surface area contributed by atoms with Gasteiger partial charge in [0.25, 0.3) is 0 Å². The van der Waals surface area contributed by atoms with Crippen LogP contribution < -0.4 is 0 Å². The second-order valence-electron chi connectivity index (χ2n) is 3.36. The van der Waals surface area contributed by atoms with Gasteiger partial charge in [0, 0.05) is 18.6 Å². The second-order valence-corrected chi connectivity index (χ2v) is 5.62. The highest BCUT2D eigenvalue weighted by Crippen LogP contribution is 2.11. The minimum absolute atomic E-state index is 0.0116. The summed E-state index contributed by atoms with van der Waals surface area (Å²) in [6.07, 6.45) is 2.94.